The van der Waals surface area contributed by atoms with Gasteiger partial charge in [0.2, 0.25) is 11.8 Å². The third-order valence-electron chi connectivity index (χ3n) is 6.16. The Balaban J connectivity index is 2.09. The van der Waals surface area contributed by atoms with Crippen LogP contribution < -0.4 is 21.7 Å². The third-order valence-corrected chi connectivity index (χ3v) is 6.16. The highest BCUT2D eigenvalue weighted by atomic mass is 19.1. The number of nitrogens with zero attached hydrogens (tertiary/aromatic N) is 2. The smallest absolute Gasteiger partial charge is 0.251 e. The molecule has 11 nitrogen and oxygen atoms in total. The zero-order valence-electron chi connectivity index (χ0n) is 21.1. The summed E-state index contributed by atoms with van der Waals surface area (Å²) in [6, 6.07) is 5.15. The van der Waals surface area contributed by atoms with Gasteiger partial charge in [-0.15, -0.1) is 0 Å². The number of hydrogen-bond acceptors (Lipinski definition) is 6. The van der Waals surface area contributed by atoms with E-state index in [9.17, 15) is 23.6 Å². The molecular weight excluding hydrogens is 481 g/mol. The van der Waals surface area contributed by atoms with Crippen molar-refractivity contribution in [3.8, 4) is 6.07 Å². The van der Waals surface area contributed by atoms with Crippen LogP contribution in [0.2, 0.25) is 0 Å². The van der Waals surface area contributed by atoms with Crippen molar-refractivity contribution in [2.24, 2.45) is 11.7 Å². The van der Waals surface area contributed by atoms with Crippen LogP contribution in [0.15, 0.2) is 24.3 Å². The number of hydrogen-bond donors (Lipinski definition) is 5. The minimum absolute atomic E-state index is 0.144. The molecule has 1 aliphatic heterocycles. The molecule has 0 aliphatic carbocycles. The van der Waals surface area contributed by atoms with E-state index >= 15 is 0 Å². The lowest BCUT2D eigenvalue weighted by Gasteiger charge is -2.31. The number of nitriles is 1. The van der Waals surface area contributed by atoms with Crippen molar-refractivity contribution < 1.29 is 23.6 Å². The monoisotopic (exact) mass is 515 g/mol. The third kappa shape index (κ3) is 8.27. The van der Waals surface area contributed by atoms with Gasteiger partial charge in [-0.1, -0.05) is 13.8 Å². The van der Waals surface area contributed by atoms with Crippen molar-refractivity contribution in [3.63, 3.8) is 0 Å². The number of likely N-dealkylation sites (tertiary alicyclic amines) is 1. The van der Waals surface area contributed by atoms with Crippen molar-refractivity contribution in [2.75, 3.05) is 19.8 Å². The first kappa shape index (κ1) is 29.2. The number of rotatable bonds is 12. The average Bonchev–Trinajstić information content (AvgIpc) is 3.38. The van der Waals surface area contributed by atoms with Crippen LogP contribution in [-0.4, -0.2) is 72.3 Å². The number of ketones is 1. The van der Waals surface area contributed by atoms with E-state index in [0.717, 1.165) is 0 Å². The van der Waals surface area contributed by atoms with E-state index in [2.05, 4.69) is 16.0 Å². The SMILES string of the molecule is CC(C)C(NC(=O)c1ccc(C#N)cc1)C(=O)N1CCC[C@H]1C(=O)NC(CCCNC(=N)N)C(=O)CF. The maximum atomic E-state index is 13.4. The summed E-state index contributed by atoms with van der Waals surface area (Å²) in [5.74, 6) is -2.75. The molecule has 1 aliphatic rings. The minimum atomic E-state index is -1.24. The summed E-state index contributed by atoms with van der Waals surface area (Å²) in [7, 11) is 0. The van der Waals surface area contributed by atoms with Gasteiger partial charge in [-0.25, -0.2) is 4.39 Å². The van der Waals surface area contributed by atoms with Crippen LogP contribution in [0.3, 0.4) is 0 Å². The normalized spacial score (nSPS) is 16.4. The van der Waals surface area contributed by atoms with Crippen LogP contribution in [0.4, 0.5) is 4.39 Å². The topological polar surface area (TPSA) is 181 Å². The number of halogens is 1. The number of guanidine groups is 1. The Morgan fingerprint density at radius 3 is 2.46 bits per heavy atom. The molecule has 0 aromatic heterocycles. The molecule has 0 saturated carbocycles. The van der Waals surface area contributed by atoms with E-state index in [0.29, 0.717) is 36.9 Å². The van der Waals surface area contributed by atoms with Crippen LogP contribution in [0.5, 0.6) is 0 Å². The highest BCUT2D eigenvalue weighted by molar-refractivity contribution is 5.99. The number of nitrogens with one attached hydrogen (secondary N) is 4. The predicted molar refractivity (Wildman–Crippen MR) is 134 cm³/mol. The second-order valence-electron chi connectivity index (χ2n) is 9.22. The Morgan fingerprint density at radius 2 is 1.89 bits per heavy atom. The Labute approximate surface area is 215 Å². The molecule has 37 heavy (non-hydrogen) atoms. The fourth-order valence-corrected chi connectivity index (χ4v) is 4.12. The van der Waals surface area contributed by atoms with E-state index in [1.165, 1.54) is 29.2 Å². The van der Waals surface area contributed by atoms with Gasteiger partial charge >= 0.3 is 0 Å². The minimum Gasteiger partial charge on any atom is -0.370 e. The molecule has 2 rings (SSSR count). The molecular formula is C25H34FN7O4. The first-order valence-electron chi connectivity index (χ1n) is 12.2. The van der Waals surface area contributed by atoms with Crippen molar-refractivity contribution in [1.82, 2.24) is 20.9 Å². The van der Waals surface area contributed by atoms with Crippen LogP contribution in [-0.2, 0) is 14.4 Å². The van der Waals surface area contributed by atoms with Crippen molar-refractivity contribution in [2.45, 2.75) is 57.7 Å². The van der Waals surface area contributed by atoms with E-state index in [1.807, 2.05) is 6.07 Å². The summed E-state index contributed by atoms with van der Waals surface area (Å²) in [4.78, 5) is 52.8. The molecule has 12 heteroatoms. The molecule has 1 heterocycles. The molecule has 0 spiro atoms. The second-order valence-corrected chi connectivity index (χ2v) is 9.22. The molecule has 1 aromatic rings. The Bertz CT molecular complexity index is 1040. The zero-order valence-corrected chi connectivity index (χ0v) is 21.1. The molecule has 1 fully saturated rings. The van der Waals surface area contributed by atoms with Gasteiger partial charge in [0.15, 0.2) is 11.7 Å². The Hall–Kier alpha value is -4.01. The van der Waals surface area contributed by atoms with Gasteiger partial charge in [-0.3, -0.25) is 24.6 Å². The van der Waals surface area contributed by atoms with Crippen molar-refractivity contribution in [1.29, 1.82) is 10.7 Å². The predicted octanol–water partition coefficient (Wildman–Crippen LogP) is 0.590. The van der Waals surface area contributed by atoms with Gasteiger partial charge in [0.1, 0.15) is 18.8 Å². The molecule has 3 atom stereocenters. The summed E-state index contributed by atoms with van der Waals surface area (Å²) < 4.78 is 13.1. The molecule has 0 bridgehead atoms. The number of nitrogens with two attached hydrogens (primary N) is 1. The lowest BCUT2D eigenvalue weighted by molar-refractivity contribution is -0.141. The van der Waals surface area contributed by atoms with Crippen LogP contribution in [0.1, 0.15) is 55.5 Å². The average molecular weight is 516 g/mol. The van der Waals surface area contributed by atoms with Gasteiger partial charge in [0, 0.05) is 18.7 Å². The molecule has 1 saturated heterocycles. The van der Waals surface area contributed by atoms with Gasteiger partial charge in [-0.05, 0) is 55.9 Å². The van der Waals surface area contributed by atoms with Crippen LogP contribution in [0, 0.1) is 22.7 Å². The number of carbonyl (C=O) groups excluding carboxylic acids is 4. The molecule has 2 unspecified atom stereocenters. The summed E-state index contributed by atoms with van der Waals surface area (Å²) in [5.41, 5.74) is 5.92. The summed E-state index contributed by atoms with van der Waals surface area (Å²) in [5, 5.41) is 24.0. The summed E-state index contributed by atoms with van der Waals surface area (Å²) >= 11 is 0. The highest BCUT2D eigenvalue weighted by Crippen LogP contribution is 2.21. The van der Waals surface area contributed by atoms with Gasteiger partial charge in [0.05, 0.1) is 17.7 Å². The van der Waals surface area contributed by atoms with Crippen LogP contribution >= 0.6 is 0 Å². The van der Waals surface area contributed by atoms with E-state index in [-0.39, 0.29) is 24.8 Å². The van der Waals surface area contributed by atoms with Gasteiger partial charge < -0.3 is 26.6 Å². The first-order chi connectivity index (χ1) is 17.6. The second kappa shape index (κ2) is 13.9. The molecule has 3 amide bonds. The number of alkyl halides is 1. The lowest BCUT2D eigenvalue weighted by Crippen LogP contribution is -2.56. The quantitative estimate of drug-likeness (QED) is 0.153. The fraction of sp³-hybridized carbons (Fsp3) is 0.520. The van der Waals surface area contributed by atoms with Crippen molar-refractivity contribution >= 4 is 29.5 Å². The number of benzene rings is 1. The molecule has 1 aromatic carbocycles. The van der Waals surface area contributed by atoms with Gasteiger partial charge in [-0.2, -0.15) is 5.26 Å². The lowest BCUT2D eigenvalue weighted by atomic mass is 10.0. The number of carbonyl (C=O) groups is 4. The molecule has 6 N–H and O–H groups in total. The van der Waals surface area contributed by atoms with E-state index in [4.69, 9.17) is 16.4 Å². The summed E-state index contributed by atoms with van der Waals surface area (Å²) in [6.07, 6.45) is 1.43. The summed E-state index contributed by atoms with van der Waals surface area (Å²) in [6.45, 7) is 2.90. The fourth-order valence-electron chi connectivity index (χ4n) is 4.12. The Kier molecular flexibility index (Phi) is 11.0. The molecule has 200 valence electrons. The van der Waals surface area contributed by atoms with Gasteiger partial charge in [0.25, 0.3) is 5.91 Å². The maximum absolute atomic E-state index is 13.4. The van der Waals surface area contributed by atoms with E-state index in [1.54, 1.807) is 13.8 Å². The largest absolute Gasteiger partial charge is 0.370 e. The first-order valence-corrected chi connectivity index (χ1v) is 12.2. The number of Topliss-reactive ketones (excluding diaryl/α,β-unsaturated/α-hetero) is 1. The maximum Gasteiger partial charge on any atom is 0.251 e. The standard InChI is InChI=1S/C25H34FN7O4/c1-15(2)21(32-22(35)17-9-7-16(14-27)8-10-17)24(37)33-12-4-6-19(33)23(36)31-18(20(34)13-26)5-3-11-30-25(28)29/h7-10,15,18-19,21H,3-6,11-13H2,1-2H3,(H,31,36)(H,32,35)(H4,28,29,30)/t18?,19-,21?/m0/s1. The number of amides is 3. The van der Waals surface area contributed by atoms with Crippen LogP contribution in [0.25, 0.3) is 0 Å². The highest BCUT2D eigenvalue weighted by Gasteiger charge is 2.39. The van der Waals surface area contributed by atoms with E-state index < -0.39 is 48.3 Å². The zero-order chi connectivity index (χ0) is 27.5. The van der Waals surface area contributed by atoms with Crippen molar-refractivity contribution in [3.05, 3.63) is 35.4 Å². The Morgan fingerprint density at radius 1 is 1.22 bits per heavy atom. The molecule has 0 radical (unpaired) electrons.